The Morgan fingerprint density at radius 3 is 2.67 bits per heavy atom. The molecule has 3 fully saturated rings. The van der Waals surface area contributed by atoms with Crippen molar-refractivity contribution in [2.24, 2.45) is 44.9 Å². The molecule has 0 heterocycles. The Kier molecular flexibility index (Phi) is 4.74. The highest BCUT2D eigenvalue weighted by Gasteiger charge is 2.60. The van der Waals surface area contributed by atoms with Crippen molar-refractivity contribution < 1.29 is 9.94 Å². The summed E-state index contributed by atoms with van der Waals surface area (Å²) in [6.45, 7) is 10.5. The zero-order valence-corrected chi connectivity index (χ0v) is 17.6. The molecule has 4 rings (SSSR count). The molecule has 0 aromatic rings. The van der Waals surface area contributed by atoms with Crippen molar-refractivity contribution in [1.82, 2.24) is 0 Å². The van der Waals surface area contributed by atoms with Crippen LogP contribution in [-0.4, -0.2) is 30.1 Å². The lowest BCUT2D eigenvalue weighted by Gasteiger charge is -2.60. The summed E-state index contributed by atoms with van der Waals surface area (Å²) in [5.74, 6) is 2.16. The highest BCUT2D eigenvalue weighted by Crippen LogP contribution is 2.66. The number of rotatable bonds is 3. The molecule has 0 saturated heterocycles. The lowest BCUT2D eigenvalue weighted by atomic mass is 9.45. The van der Waals surface area contributed by atoms with E-state index in [1.165, 1.54) is 37.8 Å². The quantitative estimate of drug-likeness (QED) is 0.440. The molecule has 0 aromatic heterocycles. The fraction of sp³-hybridized carbons (Fsp3) is 0.870. The molecule has 4 nitrogen and oxygen atoms in total. The van der Waals surface area contributed by atoms with E-state index in [1.54, 1.807) is 5.57 Å². The molecule has 0 bridgehead atoms. The van der Waals surface area contributed by atoms with Crippen LogP contribution in [0.4, 0.5) is 0 Å². The SMILES string of the molecule is CC1(C)C2=CC[C@@H]3[C@@H](CC[C@]4(C)C(O)CC[C@@H]34)[C@@]2(C)CCC1=NOCCN. The summed E-state index contributed by atoms with van der Waals surface area (Å²) in [5, 5.41) is 15.1. The topological polar surface area (TPSA) is 67.8 Å². The second-order valence-corrected chi connectivity index (χ2v) is 10.6. The number of nitrogens with two attached hydrogens (primary N) is 1. The number of nitrogens with zero attached hydrogens (tertiary/aromatic N) is 1. The zero-order valence-electron chi connectivity index (χ0n) is 17.6. The molecule has 0 radical (unpaired) electrons. The zero-order chi connectivity index (χ0) is 19.4. The lowest BCUT2D eigenvalue weighted by Crippen LogP contribution is -2.54. The van der Waals surface area contributed by atoms with Gasteiger partial charge < -0.3 is 15.7 Å². The molecule has 1 unspecified atom stereocenters. The second kappa shape index (κ2) is 6.59. The van der Waals surface area contributed by atoms with E-state index in [9.17, 15) is 5.11 Å². The van der Waals surface area contributed by atoms with E-state index in [0.29, 0.717) is 19.1 Å². The smallest absolute Gasteiger partial charge is 0.129 e. The van der Waals surface area contributed by atoms with E-state index in [-0.39, 0.29) is 22.3 Å². The lowest BCUT2D eigenvalue weighted by molar-refractivity contribution is -0.0670. The molecule has 3 N–H and O–H groups in total. The molecular weight excluding hydrogens is 336 g/mol. The third kappa shape index (κ3) is 2.73. The summed E-state index contributed by atoms with van der Waals surface area (Å²) in [6.07, 6.45) is 10.5. The van der Waals surface area contributed by atoms with Crippen LogP contribution in [0, 0.1) is 34.0 Å². The molecule has 0 aromatic carbocycles. The van der Waals surface area contributed by atoms with E-state index >= 15 is 0 Å². The minimum Gasteiger partial charge on any atom is -0.394 e. The number of allylic oxidation sites excluding steroid dienone is 2. The van der Waals surface area contributed by atoms with Gasteiger partial charge in [0, 0.05) is 12.0 Å². The van der Waals surface area contributed by atoms with E-state index in [2.05, 4.69) is 38.9 Å². The van der Waals surface area contributed by atoms with Crippen LogP contribution in [0.1, 0.15) is 72.6 Å². The van der Waals surface area contributed by atoms with Crippen LogP contribution in [0.3, 0.4) is 0 Å². The summed E-state index contributed by atoms with van der Waals surface area (Å²) in [6, 6.07) is 0. The monoisotopic (exact) mass is 374 g/mol. The Morgan fingerprint density at radius 2 is 1.93 bits per heavy atom. The maximum Gasteiger partial charge on any atom is 0.129 e. The Morgan fingerprint density at radius 1 is 1.15 bits per heavy atom. The highest BCUT2D eigenvalue weighted by molar-refractivity contribution is 5.93. The molecule has 0 spiro atoms. The van der Waals surface area contributed by atoms with Gasteiger partial charge in [0.15, 0.2) is 0 Å². The Labute approximate surface area is 164 Å². The van der Waals surface area contributed by atoms with Crippen molar-refractivity contribution in [3.8, 4) is 0 Å². The highest BCUT2D eigenvalue weighted by atomic mass is 16.6. The van der Waals surface area contributed by atoms with Gasteiger partial charge in [0.1, 0.15) is 6.61 Å². The van der Waals surface area contributed by atoms with Gasteiger partial charge in [0.2, 0.25) is 0 Å². The molecule has 0 aliphatic heterocycles. The normalized spacial score (nSPS) is 47.0. The van der Waals surface area contributed by atoms with E-state index in [1.807, 2.05) is 0 Å². The number of hydrogen-bond donors (Lipinski definition) is 2. The van der Waals surface area contributed by atoms with Crippen LogP contribution in [0.15, 0.2) is 16.8 Å². The fourth-order valence-corrected chi connectivity index (χ4v) is 7.54. The van der Waals surface area contributed by atoms with Crippen LogP contribution in [0.25, 0.3) is 0 Å². The summed E-state index contributed by atoms with van der Waals surface area (Å²) in [4.78, 5) is 5.47. The summed E-state index contributed by atoms with van der Waals surface area (Å²) >= 11 is 0. The van der Waals surface area contributed by atoms with Crippen LogP contribution >= 0.6 is 0 Å². The molecule has 27 heavy (non-hydrogen) atoms. The Hall–Kier alpha value is -0.870. The first-order valence-corrected chi connectivity index (χ1v) is 11.0. The predicted molar refractivity (Wildman–Crippen MR) is 109 cm³/mol. The summed E-state index contributed by atoms with van der Waals surface area (Å²) < 4.78 is 0. The number of oxime groups is 1. The average molecular weight is 375 g/mol. The number of aliphatic hydroxyl groups excluding tert-OH is 1. The maximum atomic E-state index is 10.6. The Balaban J connectivity index is 1.65. The Bertz CT molecular complexity index is 655. The molecule has 6 atom stereocenters. The summed E-state index contributed by atoms with van der Waals surface area (Å²) in [7, 11) is 0. The van der Waals surface area contributed by atoms with Crippen LogP contribution in [-0.2, 0) is 4.84 Å². The van der Waals surface area contributed by atoms with Gasteiger partial charge in [0.25, 0.3) is 0 Å². The van der Waals surface area contributed by atoms with Crippen molar-refractivity contribution in [3.05, 3.63) is 11.6 Å². The van der Waals surface area contributed by atoms with Gasteiger partial charge in [-0.1, -0.05) is 44.5 Å². The molecular formula is C23H38N2O2. The third-order valence-corrected chi connectivity index (χ3v) is 9.07. The molecule has 152 valence electrons. The van der Waals surface area contributed by atoms with Gasteiger partial charge in [0.05, 0.1) is 11.8 Å². The molecule has 4 aliphatic carbocycles. The first kappa shape index (κ1) is 19.4. The predicted octanol–water partition coefficient (Wildman–Crippen LogP) is 4.28. The second-order valence-electron chi connectivity index (χ2n) is 10.6. The molecule has 3 saturated carbocycles. The fourth-order valence-electron chi connectivity index (χ4n) is 7.54. The van der Waals surface area contributed by atoms with Crippen molar-refractivity contribution in [2.75, 3.05) is 13.2 Å². The van der Waals surface area contributed by atoms with Gasteiger partial charge in [-0.2, -0.15) is 0 Å². The number of aliphatic hydroxyl groups is 1. The van der Waals surface area contributed by atoms with Crippen LogP contribution < -0.4 is 5.73 Å². The summed E-state index contributed by atoms with van der Waals surface area (Å²) in [5.41, 5.74) is 8.68. The largest absolute Gasteiger partial charge is 0.394 e. The van der Waals surface area contributed by atoms with Crippen molar-refractivity contribution in [1.29, 1.82) is 0 Å². The van der Waals surface area contributed by atoms with E-state index in [4.69, 9.17) is 10.6 Å². The van der Waals surface area contributed by atoms with Crippen molar-refractivity contribution >= 4 is 5.71 Å². The minimum atomic E-state index is -0.0946. The van der Waals surface area contributed by atoms with Crippen LogP contribution in [0.5, 0.6) is 0 Å². The standard InChI is InChI=1S/C23H38N2O2/c1-21(2)18-7-5-15-16-6-8-20(26)23(16,4)11-9-17(15)22(18,3)12-10-19(21)25-27-14-13-24/h7,15-17,20,26H,5-6,8-14,24H2,1-4H3/t15-,16-,17+,20?,22+,23-/m0/s1. The van der Waals surface area contributed by atoms with Crippen molar-refractivity contribution in [3.63, 3.8) is 0 Å². The van der Waals surface area contributed by atoms with Crippen LogP contribution in [0.2, 0.25) is 0 Å². The van der Waals surface area contributed by atoms with Gasteiger partial charge in [-0.3, -0.25) is 0 Å². The first-order valence-electron chi connectivity index (χ1n) is 11.0. The number of hydrogen-bond acceptors (Lipinski definition) is 4. The van der Waals surface area contributed by atoms with Gasteiger partial charge in [-0.05, 0) is 73.5 Å². The van der Waals surface area contributed by atoms with Gasteiger partial charge >= 0.3 is 0 Å². The first-order chi connectivity index (χ1) is 12.7. The maximum absolute atomic E-state index is 10.6. The minimum absolute atomic E-state index is 0.0392. The molecule has 4 aliphatic rings. The van der Waals surface area contributed by atoms with E-state index in [0.717, 1.165) is 24.7 Å². The average Bonchev–Trinajstić information content (AvgIpc) is 2.92. The molecule has 4 heteroatoms. The van der Waals surface area contributed by atoms with E-state index < -0.39 is 0 Å². The van der Waals surface area contributed by atoms with Gasteiger partial charge in [-0.25, -0.2) is 0 Å². The van der Waals surface area contributed by atoms with Crippen molar-refractivity contribution in [2.45, 2.75) is 78.7 Å². The molecule has 0 amide bonds. The number of fused-ring (bicyclic) bond motifs is 5. The third-order valence-electron chi connectivity index (χ3n) is 9.07. The van der Waals surface area contributed by atoms with Gasteiger partial charge in [-0.15, -0.1) is 0 Å².